The summed E-state index contributed by atoms with van der Waals surface area (Å²) in [5, 5.41) is 0. The van der Waals surface area contributed by atoms with Crippen LogP contribution in [0.25, 0.3) is 0 Å². The fourth-order valence-corrected chi connectivity index (χ4v) is 3.18. The van der Waals surface area contributed by atoms with Crippen molar-refractivity contribution in [3.05, 3.63) is 95.8 Å². The molecule has 0 radical (unpaired) electrons. The predicted octanol–water partition coefficient (Wildman–Crippen LogP) is 4.41. The number of aromatic nitrogens is 1. The Bertz CT molecular complexity index is 958. The minimum atomic E-state index is -0.186. The summed E-state index contributed by atoms with van der Waals surface area (Å²) in [7, 11) is 0. The molecule has 0 unspecified atom stereocenters. The Morgan fingerprint density at radius 1 is 0.828 bits per heavy atom. The number of benzene rings is 2. The van der Waals surface area contributed by atoms with Gasteiger partial charge in [-0.3, -0.25) is 14.6 Å². The Labute approximate surface area is 171 Å². The summed E-state index contributed by atoms with van der Waals surface area (Å²) >= 11 is 0. The first-order valence-electron chi connectivity index (χ1n) is 9.80. The number of anilines is 1. The average molecular weight is 387 g/mol. The van der Waals surface area contributed by atoms with Crippen LogP contribution in [0, 0.1) is 0 Å². The van der Waals surface area contributed by atoms with Crippen LogP contribution in [0.2, 0.25) is 0 Å². The van der Waals surface area contributed by atoms with Crippen molar-refractivity contribution in [2.24, 2.45) is 0 Å². The van der Waals surface area contributed by atoms with E-state index in [1.165, 1.54) is 6.20 Å². The van der Waals surface area contributed by atoms with E-state index in [1.807, 2.05) is 74.5 Å². The molecular weight excluding hydrogens is 362 g/mol. The number of hydrogen-bond acceptors (Lipinski definition) is 3. The zero-order valence-corrected chi connectivity index (χ0v) is 16.8. The molecule has 0 saturated carbocycles. The fourth-order valence-electron chi connectivity index (χ4n) is 3.18. The lowest BCUT2D eigenvalue weighted by molar-refractivity contribution is 0.0746. The summed E-state index contributed by atoms with van der Waals surface area (Å²) in [6.45, 7) is 5.45. The minimum absolute atomic E-state index is 0.152. The van der Waals surface area contributed by atoms with Crippen LogP contribution in [0.4, 0.5) is 5.69 Å². The number of nitrogens with zero attached hydrogens (tertiary/aromatic N) is 3. The molecule has 148 valence electrons. The van der Waals surface area contributed by atoms with E-state index < -0.39 is 0 Å². The Hall–Kier alpha value is -3.47. The van der Waals surface area contributed by atoms with Crippen molar-refractivity contribution in [2.75, 3.05) is 18.0 Å². The number of para-hydroxylation sites is 1. The van der Waals surface area contributed by atoms with E-state index in [-0.39, 0.29) is 17.5 Å². The molecule has 0 bridgehead atoms. The average Bonchev–Trinajstić information content (AvgIpc) is 2.79. The first kappa shape index (κ1) is 20.3. The first-order valence-corrected chi connectivity index (χ1v) is 9.80. The SMILES string of the molecule is CCN(Cc1ccccc1)C(=O)c1cc(C(=O)N(CC)c2ccccc2)ccn1. The van der Waals surface area contributed by atoms with Crippen molar-refractivity contribution >= 4 is 17.5 Å². The maximum atomic E-state index is 13.1. The molecule has 0 saturated heterocycles. The van der Waals surface area contributed by atoms with Crippen molar-refractivity contribution in [3.63, 3.8) is 0 Å². The third-order valence-corrected chi connectivity index (χ3v) is 4.74. The number of carbonyl (C=O) groups is 2. The third kappa shape index (κ3) is 4.88. The van der Waals surface area contributed by atoms with E-state index in [0.29, 0.717) is 25.2 Å². The van der Waals surface area contributed by atoms with Gasteiger partial charge in [-0.25, -0.2) is 0 Å². The Morgan fingerprint density at radius 2 is 1.48 bits per heavy atom. The van der Waals surface area contributed by atoms with Crippen LogP contribution in [-0.4, -0.2) is 34.8 Å². The van der Waals surface area contributed by atoms with E-state index in [2.05, 4.69) is 4.98 Å². The number of pyridine rings is 1. The lowest BCUT2D eigenvalue weighted by atomic mass is 10.1. The molecule has 5 heteroatoms. The Balaban J connectivity index is 1.82. The van der Waals surface area contributed by atoms with Crippen LogP contribution in [0.1, 0.15) is 40.3 Å². The molecule has 0 N–H and O–H groups in total. The monoisotopic (exact) mass is 387 g/mol. The van der Waals surface area contributed by atoms with Crippen LogP contribution in [-0.2, 0) is 6.54 Å². The van der Waals surface area contributed by atoms with Crippen LogP contribution in [0.3, 0.4) is 0 Å². The van der Waals surface area contributed by atoms with Crippen LogP contribution >= 0.6 is 0 Å². The van der Waals surface area contributed by atoms with Gasteiger partial charge >= 0.3 is 0 Å². The topological polar surface area (TPSA) is 53.5 Å². The zero-order chi connectivity index (χ0) is 20.6. The quantitative estimate of drug-likeness (QED) is 0.603. The molecule has 0 aliphatic rings. The molecule has 3 rings (SSSR count). The summed E-state index contributed by atoms with van der Waals surface area (Å²) in [5.74, 6) is -0.338. The Morgan fingerprint density at radius 3 is 2.10 bits per heavy atom. The normalized spacial score (nSPS) is 10.4. The van der Waals surface area contributed by atoms with Crippen molar-refractivity contribution in [1.82, 2.24) is 9.88 Å². The van der Waals surface area contributed by atoms with Gasteiger partial charge in [0.15, 0.2) is 0 Å². The highest BCUT2D eigenvalue weighted by atomic mass is 16.2. The highest BCUT2D eigenvalue weighted by Gasteiger charge is 2.20. The number of amides is 2. The van der Waals surface area contributed by atoms with Gasteiger partial charge in [0, 0.05) is 37.1 Å². The van der Waals surface area contributed by atoms with Crippen LogP contribution in [0.15, 0.2) is 79.0 Å². The van der Waals surface area contributed by atoms with E-state index in [4.69, 9.17) is 0 Å². The molecule has 29 heavy (non-hydrogen) atoms. The van der Waals surface area contributed by atoms with Crippen LogP contribution < -0.4 is 4.90 Å². The van der Waals surface area contributed by atoms with E-state index in [9.17, 15) is 9.59 Å². The minimum Gasteiger partial charge on any atom is -0.333 e. The smallest absolute Gasteiger partial charge is 0.272 e. The first-order chi connectivity index (χ1) is 14.1. The van der Waals surface area contributed by atoms with Crippen molar-refractivity contribution in [3.8, 4) is 0 Å². The van der Waals surface area contributed by atoms with Crippen molar-refractivity contribution in [2.45, 2.75) is 20.4 Å². The van der Waals surface area contributed by atoms with Gasteiger partial charge < -0.3 is 9.80 Å². The molecule has 2 amide bonds. The van der Waals surface area contributed by atoms with Gasteiger partial charge in [-0.05, 0) is 43.7 Å². The molecule has 3 aromatic rings. The van der Waals surface area contributed by atoms with Gasteiger partial charge in [0.25, 0.3) is 11.8 Å². The van der Waals surface area contributed by atoms with E-state index in [0.717, 1.165) is 11.3 Å². The predicted molar refractivity (Wildman–Crippen MR) is 115 cm³/mol. The second kappa shape index (κ2) is 9.64. The third-order valence-electron chi connectivity index (χ3n) is 4.74. The molecule has 1 aromatic heterocycles. The number of carbonyl (C=O) groups excluding carboxylic acids is 2. The van der Waals surface area contributed by atoms with Gasteiger partial charge in [0.2, 0.25) is 0 Å². The molecule has 0 fully saturated rings. The number of rotatable bonds is 7. The maximum absolute atomic E-state index is 13.1. The molecule has 1 heterocycles. The van der Waals surface area contributed by atoms with Gasteiger partial charge in [0.1, 0.15) is 5.69 Å². The summed E-state index contributed by atoms with van der Waals surface area (Å²) in [5.41, 5.74) is 2.60. The molecule has 0 aliphatic heterocycles. The second-order valence-corrected chi connectivity index (χ2v) is 6.62. The lowest BCUT2D eigenvalue weighted by Gasteiger charge is -2.22. The van der Waals surface area contributed by atoms with Gasteiger partial charge in [-0.2, -0.15) is 0 Å². The van der Waals surface area contributed by atoms with E-state index >= 15 is 0 Å². The highest BCUT2D eigenvalue weighted by molar-refractivity contribution is 6.07. The molecule has 0 spiro atoms. The molecular formula is C24H25N3O2. The fraction of sp³-hybridized carbons (Fsp3) is 0.208. The molecule has 5 nitrogen and oxygen atoms in total. The van der Waals surface area contributed by atoms with Gasteiger partial charge in [0.05, 0.1) is 0 Å². The summed E-state index contributed by atoms with van der Waals surface area (Å²) in [6.07, 6.45) is 1.52. The van der Waals surface area contributed by atoms with Crippen molar-refractivity contribution in [1.29, 1.82) is 0 Å². The summed E-state index contributed by atoms with van der Waals surface area (Å²) in [4.78, 5) is 33.7. The zero-order valence-electron chi connectivity index (χ0n) is 16.8. The van der Waals surface area contributed by atoms with Crippen molar-refractivity contribution < 1.29 is 9.59 Å². The summed E-state index contributed by atoms with van der Waals surface area (Å²) < 4.78 is 0. The van der Waals surface area contributed by atoms with Gasteiger partial charge in [-0.15, -0.1) is 0 Å². The Kier molecular flexibility index (Phi) is 6.74. The lowest BCUT2D eigenvalue weighted by Crippen LogP contribution is -2.32. The molecule has 0 aliphatic carbocycles. The van der Waals surface area contributed by atoms with Gasteiger partial charge in [-0.1, -0.05) is 48.5 Å². The number of hydrogen-bond donors (Lipinski definition) is 0. The highest BCUT2D eigenvalue weighted by Crippen LogP contribution is 2.17. The second-order valence-electron chi connectivity index (χ2n) is 6.62. The molecule has 0 atom stereocenters. The van der Waals surface area contributed by atoms with E-state index in [1.54, 1.807) is 21.9 Å². The molecule has 2 aromatic carbocycles. The summed E-state index contributed by atoms with van der Waals surface area (Å²) in [6, 6.07) is 22.6. The largest absolute Gasteiger partial charge is 0.333 e. The van der Waals surface area contributed by atoms with Crippen LogP contribution in [0.5, 0.6) is 0 Å². The standard InChI is InChI=1S/C24H25N3O2/c1-3-26(18-19-11-7-5-8-12-19)24(29)22-17-20(15-16-25-22)23(28)27(4-2)21-13-9-6-10-14-21/h5-17H,3-4,18H2,1-2H3. The maximum Gasteiger partial charge on any atom is 0.272 e.